The van der Waals surface area contributed by atoms with Crippen LogP contribution in [0.5, 0.6) is 0 Å². The predicted octanol–water partition coefficient (Wildman–Crippen LogP) is 3.77. The molecule has 0 spiro atoms. The number of fused-ring (bicyclic) bond motifs is 1. The second kappa shape index (κ2) is 8.12. The molecular formula is C18H26FN3OS. The Kier molecular flexibility index (Phi) is 6.40. The van der Waals surface area contributed by atoms with E-state index in [9.17, 15) is 9.28 Å². The first kappa shape index (κ1) is 18.9. The zero-order valence-corrected chi connectivity index (χ0v) is 15.3. The van der Waals surface area contributed by atoms with Crippen molar-refractivity contribution in [2.24, 2.45) is 22.3 Å². The number of halogens is 1. The van der Waals surface area contributed by atoms with E-state index in [0.29, 0.717) is 17.7 Å². The highest BCUT2D eigenvalue weighted by molar-refractivity contribution is 8.14. The van der Waals surface area contributed by atoms with Crippen molar-refractivity contribution in [3.8, 4) is 0 Å². The number of hydrogen-bond acceptors (Lipinski definition) is 4. The molecule has 0 saturated carbocycles. The van der Waals surface area contributed by atoms with E-state index >= 15 is 0 Å². The van der Waals surface area contributed by atoms with Gasteiger partial charge in [-0.2, -0.15) is 0 Å². The van der Waals surface area contributed by atoms with E-state index in [1.165, 1.54) is 22.9 Å². The maximum Gasteiger partial charge on any atom is 0.232 e. The summed E-state index contributed by atoms with van der Waals surface area (Å²) in [6.07, 6.45) is 3.10. The second-order valence-corrected chi connectivity index (χ2v) is 8.10. The Morgan fingerprint density at radius 3 is 2.75 bits per heavy atom. The van der Waals surface area contributed by atoms with E-state index in [2.05, 4.69) is 48.6 Å². The molecule has 1 aliphatic heterocycles. The average Bonchev–Trinajstić information content (AvgIpc) is 2.92. The van der Waals surface area contributed by atoms with Gasteiger partial charge in [0.05, 0.1) is 5.41 Å². The molecule has 0 aromatic heterocycles. The van der Waals surface area contributed by atoms with Crippen molar-refractivity contribution < 1.29 is 9.28 Å². The number of nitrogens with zero attached hydrogens (tertiary/aromatic N) is 1. The van der Waals surface area contributed by atoms with Crippen LogP contribution in [-0.4, -0.2) is 16.8 Å². The van der Waals surface area contributed by atoms with Gasteiger partial charge in [0.25, 0.3) is 0 Å². The summed E-state index contributed by atoms with van der Waals surface area (Å²) in [6.45, 7) is 6.05. The minimum absolute atomic E-state index is 0.0798. The maximum atomic E-state index is 11.9. The molecule has 2 aliphatic rings. The van der Waals surface area contributed by atoms with Crippen molar-refractivity contribution in [1.29, 1.82) is 0 Å². The third-order valence-electron chi connectivity index (χ3n) is 4.41. The van der Waals surface area contributed by atoms with Gasteiger partial charge in [-0.3, -0.25) is 4.79 Å². The number of hydrogen-bond donors (Lipinski definition) is 2. The van der Waals surface area contributed by atoms with Crippen molar-refractivity contribution in [2.45, 2.75) is 46.1 Å². The lowest BCUT2D eigenvalue weighted by Gasteiger charge is -2.33. The maximum absolute atomic E-state index is 11.9. The molecule has 1 aromatic carbocycles. The number of aryl methyl sites for hydroxylation is 1. The van der Waals surface area contributed by atoms with Crippen molar-refractivity contribution in [1.82, 2.24) is 5.32 Å². The first-order valence-corrected chi connectivity index (χ1v) is 9.31. The monoisotopic (exact) mass is 351 g/mol. The lowest BCUT2D eigenvalue weighted by molar-refractivity contribution is -0.128. The molecule has 2 atom stereocenters. The number of amidine groups is 1. The molecule has 1 amide bonds. The fraction of sp³-hybridized carbons (Fsp3) is 0.556. The fourth-order valence-electron chi connectivity index (χ4n) is 3.27. The Morgan fingerprint density at radius 2 is 2.17 bits per heavy atom. The third-order valence-corrected chi connectivity index (χ3v) is 5.64. The van der Waals surface area contributed by atoms with Gasteiger partial charge in [0, 0.05) is 11.8 Å². The molecule has 1 saturated heterocycles. The Morgan fingerprint density at radius 1 is 1.46 bits per heavy atom. The van der Waals surface area contributed by atoms with Crippen LogP contribution in [0.2, 0.25) is 0 Å². The molecule has 1 fully saturated rings. The summed E-state index contributed by atoms with van der Waals surface area (Å²) < 4.78 is 11.9. The van der Waals surface area contributed by atoms with Gasteiger partial charge in [-0.05, 0) is 43.2 Å². The van der Waals surface area contributed by atoms with Crippen LogP contribution in [0, 0.1) is 11.3 Å². The van der Waals surface area contributed by atoms with Crippen molar-refractivity contribution in [2.75, 3.05) is 5.75 Å². The van der Waals surface area contributed by atoms with Gasteiger partial charge in [-0.15, -0.1) is 0 Å². The number of thioether (sulfide) groups is 1. The third kappa shape index (κ3) is 4.57. The summed E-state index contributed by atoms with van der Waals surface area (Å²) in [4.78, 5) is 11.6. The van der Waals surface area contributed by atoms with Gasteiger partial charge in [-0.25, -0.2) is 0 Å². The number of carbonyl (C=O) groups is 1. The second-order valence-electron chi connectivity index (χ2n) is 7.14. The van der Waals surface area contributed by atoms with Crippen LogP contribution in [0.1, 0.15) is 50.8 Å². The van der Waals surface area contributed by atoms with Crippen molar-refractivity contribution in [3.63, 3.8) is 0 Å². The molecule has 0 radical (unpaired) electrons. The van der Waals surface area contributed by atoms with Gasteiger partial charge in [0.2, 0.25) is 5.91 Å². The van der Waals surface area contributed by atoms with Crippen LogP contribution in [0.3, 0.4) is 0 Å². The SMILES string of the molecule is CC(C)CC1(C)CS/C(=N\F)NC1=O.NC1CCc2ccccc21. The van der Waals surface area contributed by atoms with Crippen LogP contribution in [0.25, 0.3) is 0 Å². The molecule has 6 heteroatoms. The number of nitrogens with one attached hydrogen (secondary N) is 1. The first-order chi connectivity index (χ1) is 11.4. The quantitative estimate of drug-likeness (QED) is 0.852. The summed E-state index contributed by atoms with van der Waals surface area (Å²) in [5, 5.41) is 5.03. The van der Waals surface area contributed by atoms with Gasteiger partial charge in [-0.1, -0.05) is 59.6 Å². The molecule has 0 bridgehead atoms. The Bertz CT molecular complexity index is 620. The average molecular weight is 351 g/mol. The van der Waals surface area contributed by atoms with E-state index in [0.717, 1.165) is 19.3 Å². The number of rotatable bonds is 2. The molecule has 1 heterocycles. The highest BCUT2D eigenvalue weighted by atomic mass is 32.2. The summed E-state index contributed by atoms with van der Waals surface area (Å²) in [5.41, 5.74) is 8.24. The summed E-state index contributed by atoms with van der Waals surface area (Å²) in [7, 11) is 0. The topological polar surface area (TPSA) is 67.5 Å². The van der Waals surface area contributed by atoms with Crippen molar-refractivity contribution >= 4 is 22.8 Å². The Labute approximate surface area is 147 Å². The summed E-state index contributed by atoms with van der Waals surface area (Å²) >= 11 is 1.26. The molecule has 2 unspecified atom stereocenters. The molecular weight excluding hydrogens is 325 g/mol. The van der Waals surface area contributed by atoms with E-state index in [1.807, 2.05) is 6.92 Å². The molecule has 3 N–H and O–H groups in total. The molecule has 4 nitrogen and oxygen atoms in total. The van der Waals surface area contributed by atoms with Gasteiger partial charge in [0.15, 0.2) is 5.17 Å². The van der Waals surface area contributed by atoms with E-state index in [4.69, 9.17) is 5.73 Å². The van der Waals surface area contributed by atoms with E-state index in [1.54, 1.807) is 0 Å². The molecule has 1 aromatic rings. The molecule has 24 heavy (non-hydrogen) atoms. The normalized spacial score (nSPS) is 27.5. The van der Waals surface area contributed by atoms with Gasteiger partial charge >= 0.3 is 0 Å². The van der Waals surface area contributed by atoms with Crippen LogP contribution >= 0.6 is 11.8 Å². The number of benzene rings is 1. The van der Waals surface area contributed by atoms with Gasteiger partial charge < -0.3 is 11.1 Å². The van der Waals surface area contributed by atoms with Crippen molar-refractivity contribution in [3.05, 3.63) is 35.4 Å². The molecule has 1 aliphatic carbocycles. The minimum Gasteiger partial charge on any atom is -0.324 e. The summed E-state index contributed by atoms with van der Waals surface area (Å²) in [5.74, 6) is 0.927. The molecule has 3 rings (SSSR count). The predicted molar refractivity (Wildman–Crippen MR) is 98.4 cm³/mol. The smallest absolute Gasteiger partial charge is 0.232 e. The standard InChI is InChI=1S/C9H15FN2OS.C9H11N/c1-6(2)4-9(3)5-14-8(12-10)11-7(9)13;10-9-6-5-7-3-1-2-4-8(7)9/h6H,4-5H2,1-3H3,(H,11,12,13);1-4,9H,5-6,10H2. The highest BCUT2D eigenvalue weighted by Gasteiger charge is 2.38. The Hall–Kier alpha value is -1.40. The summed E-state index contributed by atoms with van der Waals surface area (Å²) in [6, 6.07) is 8.74. The van der Waals surface area contributed by atoms with E-state index in [-0.39, 0.29) is 11.1 Å². The number of nitrogens with two attached hydrogens (primary N) is 1. The largest absolute Gasteiger partial charge is 0.324 e. The fourth-order valence-corrected chi connectivity index (χ4v) is 4.18. The lowest BCUT2D eigenvalue weighted by Crippen LogP contribution is -2.48. The lowest BCUT2D eigenvalue weighted by atomic mass is 9.83. The first-order valence-electron chi connectivity index (χ1n) is 8.32. The Balaban J connectivity index is 0.000000182. The molecule has 132 valence electrons. The van der Waals surface area contributed by atoms with Crippen LogP contribution in [0.15, 0.2) is 29.5 Å². The van der Waals surface area contributed by atoms with Crippen LogP contribution in [0.4, 0.5) is 4.48 Å². The zero-order valence-electron chi connectivity index (χ0n) is 14.5. The highest BCUT2D eigenvalue weighted by Crippen LogP contribution is 2.34. The zero-order chi connectivity index (χ0) is 17.7. The van der Waals surface area contributed by atoms with E-state index < -0.39 is 5.41 Å². The van der Waals surface area contributed by atoms with Gasteiger partial charge in [0.1, 0.15) is 0 Å². The minimum atomic E-state index is -0.396. The van der Waals surface area contributed by atoms with Crippen LogP contribution < -0.4 is 11.1 Å². The number of carbonyl (C=O) groups excluding carboxylic acids is 1. The van der Waals surface area contributed by atoms with Crippen LogP contribution in [-0.2, 0) is 11.2 Å². The number of amides is 1.